The van der Waals surface area contributed by atoms with E-state index in [1.54, 1.807) is 17.0 Å². The van der Waals surface area contributed by atoms with E-state index >= 15 is 0 Å². The molecular weight excluding hydrogens is 252 g/mol. The summed E-state index contributed by atoms with van der Waals surface area (Å²) in [4.78, 5) is 16.4. The molecule has 1 aromatic heterocycles. The number of nitrogen functional groups attached to an aromatic ring is 1. The van der Waals surface area contributed by atoms with Gasteiger partial charge in [-0.1, -0.05) is 18.2 Å². The maximum absolute atomic E-state index is 12.3. The van der Waals surface area contributed by atoms with Crippen LogP contribution in [0.2, 0.25) is 0 Å². The van der Waals surface area contributed by atoms with Crippen LogP contribution in [0, 0.1) is 0 Å². The van der Waals surface area contributed by atoms with Crippen LogP contribution in [0.1, 0.15) is 26.3 Å². The third kappa shape index (κ3) is 2.99. The number of para-hydroxylation sites is 1. The zero-order valence-corrected chi connectivity index (χ0v) is 12.1. The van der Waals surface area contributed by atoms with Gasteiger partial charge in [0.1, 0.15) is 0 Å². The Hall–Kier alpha value is -2.30. The summed E-state index contributed by atoms with van der Waals surface area (Å²) >= 11 is 0. The molecule has 0 radical (unpaired) electrons. The summed E-state index contributed by atoms with van der Waals surface area (Å²) < 4.78 is 1.66. The summed E-state index contributed by atoms with van der Waals surface area (Å²) in [6.45, 7) is 6.41. The Kier molecular flexibility index (Phi) is 3.79. The molecule has 2 aromatic rings. The minimum Gasteiger partial charge on any atom is -0.398 e. The Morgan fingerprint density at radius 3 is 2.65 bits per heavy atom. The van der Waals surface area contributed by atoms with Gasteiger partial charge in [-0.25, -0.2) is 4.98 Å². The lowest BCUT2D eigenvalue weighted by Gasteiger charge is -2.22. The summed E-state index contributed by atoms with van der Waals surface area (Å²) in [5.41, 5.74) is 7.12. The SMILES string of the molecule is CC(C)(C)n1ccnc(NCc2ccccc2N)c1=O. The van der Waals surface area contributed by atoms with Crippen LogP contribution in [-0.4, -0.2) is 9.55 Å². The van der Waals surface area contributed by atoms with Crippen molar-refractivity contribution in [1.29, 1.82) is 0 Å². The average molecular weight is 272 g/mol. The van der Waals surface area contributed by atoms with Gasteiger partial charge in [0, 0.05) is 30.2 Å². The number of nitrogens with two attached hydrogens (primary N) is 1. The van der Waals surface area contributed by atoms with E-state index < -0.39 is 0 Å². The van der Waals surface area contributed by atoms with Gasteiger partial charge in [-0.3, -0.25) is 4.79 Å². The third-order valence-electron chi connectivity index (χ3n) is 3.06. The van der Waals surface area contributed by atoms with E-state index in [1.165, 1.54) is 0 Å². The van der Waals surface area contributed by atoms with Crippen molar-refractivity contribution in [2.75, 3.05) is 11.1 Å². The van der Waals surface area contributed by atoms with Crippen molar-refractivity contribution in [3.05, 3.63) is 52.6 Å². The molecule has 2 rings (SSSR count). The van der Waals surface area contributed by atoms with Crippen LogP contribution in [0.25, 0.3) is 0 Å². The minimum atomic E-state index is -0.276. The first-order chi connectivity index (χ1) is 9.39. The van der Waals surface area contributed by atoms with Crippen LogP contribution in [0.5, 0.6) is 0 Å². The molecule has 0 unspecified atom stereocenters. The Bertz CT molecular complexity index is 655. The van der Waals surface area contributed by atoms with Crippen molar-refractivity contribution in [3.8, 4) is 0 Å². The lowest BCUT2D eigenvalue weighted by Crippen LogP contribution is -2.35. The van der Waals surface area contributed by atoms with Gasteiger partial charge in [0.15, 0.2) is 5.82 Å². The van der Waals surface area contributed by atoms with Gasteiger partial charge >= 0.3 is 0 Å². The third-order valence-corrected chi connectivity index (χ3v) is 3.06. The molecule has 0 aliphatic carbocycles. The topological polar surface area (TPSA) is 72.9 Å². The molecule has 0 fully saturated rings. The van der Waals surface area contributed by atoms with Gasteiger partial charge in [-0.2, -0.15) is 0 Å². The molecule has 0 saturated heterocycles. The van der Waals surface area contributed by atoms with Gasteiger partial charge in [0.2, 0.25) is 0 Å². The van der Waals surface area contributed by atoms with Crippen molar-refractivity contribution in [1.82, 2.24) is 9.55 Å². The van der Waals surface area contributed by atoms with Crippen LogP contribution < -0.4 is 16.6 Å². The fourth-order valence-electron chi connectivity index (χ4n) is 1.94. The monoisotopic (exact) mass is 272 g/mol. The number of benzene rings is 1. The molecule has 0 atom stereocenters. The summed E-state index contributed by atoms with van der Waals surface area (Å²) in [5, 5.41) is 3.06. The van der Waals surface area contributed by atoms with E-state index in [9.17, 15) is 4.79 Å². The Labute approximate surface area is 118 Å². The minimum absolute atomic E-state index is 0.130. The van der Waals surface area contributed by atoms with Crippen molar-refractivity contribution in [2.45, 2.75) is 32.9 Å². The van der Waals surface area contributed by atoms with E-state index in [-0.39, 0.29) is 11.1 Å². The maximum atomic E-state index is 12.3. The first-order valence-corrected chi connectivity index (χ1v) is 6.55. The Morgan fingerprint density at radius 2 is 2.00 bits per heavy atom. The van der Waals surface area contributed by atoms with Gasteiger partial charge in [0.05, 0.1) is 0 Å². The highest BCUT2D eigenvalue weighted by Gasteiger charge is 2.16. The second kappa shape index (κ2) is 5.36. The second-order valence-electron chi connectivity index (χ2n) is 5.67. The molecule has 106 valence electrons. The zero-order chi connectivity index (χ0) is 14.8. The molecule has 0 amide bonds. The highest BCUT2D eigenvalue weighted by atomic mass is 16.1. The molecule has 1 aromatic carbocycles. The number of hydrogen-bond acceptors (Lipinski definition) is 4. The summed E-state index contributed by atoms with van der Waals surface area (Å²) in [5.74, 6) is 0.339. The normalized spacial score (nSPS) is 11.3. The molecular formula is C15H20N4O. The highest BCUT2D eigenvalue weighted by molar-refractivity contribution is 5.48. The summed E-state index contributed by atoms with van der Waals surface area (Å²) in [7, 11) is 0. The van der Waals surface area contributed by atoms with Gasteiger partial charge in [-0.15, -0.1) is 0 Å². The number of nitrogens with one attached hydrogen (secondary N) is 1. The predicted molar refractivity (Wildman–Crippen MR) is 81.7 cm³/mol. The fraction of sp³-hybridized carbons (Fsp3) is 0.333. The van der Waals surface area contributed by atoms with Crippen LogP contribution in [0.15, 0.2) is 41.5 Å². The molecule has 20 heavy (non-hydrogen) atoms. The first-order valence-electron chi connectivity index (χ1n) is 6.55. The van der Waals surface area contributed by atoms with Crippen LogP contribution >= 0.6 is 0 Å². The van der Waals surface area contributed by atoms with Crippen LogP contribution in [-0.2, 0) is 12.1 Å². The Balaban J connectivity index is 2.23. The summed E-state index contributed by atoms with van der Waals surface area (Å²) in [6.07, 6.45) is 3.33. The zero-order valence-electron chi connectivity index (χ0n) is 12.1. The molecule has 0 aliphatic heterocycles. The predicted octanol–water partition coefficient (Wildman–Crippen LogP) is 2.19. The molecule has 5 nitrogen and oxygen atoms in total. The van der Waals surface area contributed by atoms with E-state index in [0.29, 0.717) is 18.1 Å². The van der Waals surface area contributed by atoms with Crippen molar-refractivity contribution >= 4 is 11.5 Å². The summed E-state index contributed by atoms with van der Waals surface area (Å²) in [6, 6.07) is 7.56. The molecule has 5 heteroatoms. The maximum Gasteiger partial charge on any atom is 0.293 e. The van der Waals surface area contributed by atoms with E-state index in [1.807, 2.05) is 45.0 Å². The smallest absolute Gasteiger partial charge is 0.293 e. The number of nitrogens with zero attached hydrogens (tertiary/aromatic N) is 2. The molecule has 1 heterocycles. The van der Waals surface area contributed by atoms with E-state index in [4.69, 9.17) is 5.73 Å². The molecule has 0 aliphatic rings. The standard InChI is InChI=1S/C15H20N4O/c1-15(2,3)19-9-8-17-13(14(19)20)18-10-11-6-4-5-7-12(11)16/h4-9H,10,16H2,1-3H3,(H,17,18). The van der Waals surface area contributed by atoms with E-state index in [0.717, 1.165) is 5.56 Å². The highest BCUT2D eigenvalue weighted by Crippen LogP contribution is 2.13. The number of hydrogen-bond donors (Lipinski definition) is 2. The number of anilines is 2. The van der Waals surface area contributed by atoms with Gasteiger partial charge < -0.3 is 15.6 Å². The van der Waals surface area contributed by atoms with Crippen molar-refractivity contribution < 1.29 is 0 Å². The van der Waals surface area contributed by atoms with Crippen molar-refractivity contribution in [3.63, 3.8) is 0 Å². The quantitative estimate of drug-likeness (QED) is 0.840. The van der Waals surface area contributed by atoms with Crippen LogP contribution in [0.3, 0.4) is 0 Å². The molecule has 0 saturated carbocycles. The van der Waals surface area contributed by atoms with Crippen molar-refractivity contribution in [2.24, 2.45) is 0 Å². The second-order valence-corrected chi connectivity index (χ2v) is 5.67. The van der Waals surface area contributed by atoms with Gasteiger partial charge in [-0.05, 0) is 32.4 Å². The van der Waals surface area contributed by atoms with E-state index in [2.05, 4.69) is 10.3 Å². The molecule has 0 spiro atoms. The molecule has 0 bridgehead atoms. The van der Waals surface area contributed by atoms with Gasteiger partial charge in [0.25, 0.3) is 5.56 Å². The number of rotatable bonds is 3. The fourth-order valence-corrected chi connectivity index (χ4v) is 1.94. The lowest BCUT2D eigenvalue weighted by atomic mass is 10.1. The van der Waals surface area contributed by atoms with Crippen LogP contribution in [0.4, 0.5) is 11.5 Å². The largest absolute Gasteiger partial charge is 0.398 e. The number of aromatic nitrogens is 2. The average Bonchev–Trinajstić information content (AvgIpc) is 2.38. The molecule has 3 N–H and O–H groups in total. The lowest BCUT2D eigenvalue weighted by molar-refractivity contribution is 0.383. The first kappa shape index (κ1) is 14.1. The Morgan fingerprint density at radius 1 is 1.30 bits per heavy atom.